The van der Waals surface area contributed by atoms with Crippen molar-refractivity contribution in [1.82, 2.24) is 4.98 Å². The van der Waals surface area contributed by atoms with E-state index in [9.17, 15) is 4.79 Å². The second kappa shape index (κ2) is 8.96. The van der Waals surface area contributed by atoms with Crippen LogP contribution in [0.4, 0.5) is 0 Å². The van der Waals surface area contributed by atoms with Gasteiger partial charge in [0.1, 0.15) is 0 Å². The van der Waals surface area contributed by atoms with Crippen molar-refractivity contribution < 1.29 is 9.90 Å². The van der Waals surface area contributed by atoms with Crippen LogP contribution in [0.1, 0.15) is 50.1 Å². The Balaban J connectivity index is 0.000000249. The van der Waals surface area contributed by atoms with Crippen LogP contribution in [0.15, 0.2) is 35.6 Å². The summed E-state index contributed by atoms with van der Waals surface area (Å²) < 4.78 is 0. The number of aromatic amines is 1. The molecule has 0 spiro atoms. The van der Waals surface area contributed by atoms with Crippen molar-refractivity contribution in [2.45, 2.75) is 50.6 Å². The molecule has 4 N–H and O–H groups in total. The van der Waals surface area contributed by atoms with Crippen molar-refractivity contribution in [3.63, 3.8) is 0 Å². The van der Waals surface area contributed by atoms with Crippen LogP contribution < -0.4 is 5.73 Å². The molecular formula is C17H23N5O2. The fourth-order valence-electron chi connectivity index (χ4n) is 2.94. The number of azide groups is 1. The Bertz CT molecular complexity index is 715. The SMILES string of the molecule is NC1CCCCC1.[N-]=[N+]=NC(CC(=O)O)c1c[nH]c2ccccc12. The first-order chi connectivity index (χ1) is 11.6. The molecule has 1 aromatic heterocycles. The molecule has 0 radical (unpaired) electrons. The molecule has 128 valence electrons. The number of nitrogens with two attached hydrogens (primary N) is 1. The number of benzene rings is 1. The number of hydrogen-bond acceptors (Lipinski definition) is 3. The Kier molecular flexibility index (Phi) is 6.66. The number of nitrogens with zero attached hydrogens (tertiary/aromatic N) is 3. The minimum absolute atomic E-state index is 0.216. The molecule has 1 saturated carbocycles. The average molecular weight is 329 g/mol. The molecule has 0 saturated heterocycles. The molecule has 7 heteroatoms. The Morgan fingerprint density at radius 1 is 1.38 bits per heavy atom. The van der Waals surface area contributed by atoms with Gasteiger partial charge in [0.25, 0.3) is 0 Å². The molecule has 1 atom stereocenters. The third-order valence-corrected chi connectivity index (χ3v) is 4.19. The van der Waals surface area contributed by atoms with E-state index in [1.54, 1.807) is 6.20 Å². The fraction of sp³-hybridized carbons (Fsp3) is 0.471. The van der Waals surface area contributed by atoms with E-state index >= 15 is 0 Å². The molecular weight excluding hydrogens is 306 g/mol. The van der Waals surface area contributed by atoms with Gasteiger partial charge in [0, 0.05) is 28.1 Å². The third kappa shape index (κ3) is 5.01. The standard InChI is InChI=1S/C11H10N4O2.C6H13N/c12-15-14-10(5-11(16)17)8-6-13-9-4-2-1-3-7(8)9;7-6-4-2-1-3-5-6/h1-4,6,10,13H,5H2,(H,16,17);6H,1-5,7H2. The van der Waals surface area contributed by atoms with Crippen molar-refractivity contribution in [2.24, 2.45) is 10.8 Å². The maximum Gasteiger partial charge on any atom is 0.304 e. The van der Waals surface area contributed by atoms with Crippen LogP contribution in [0.25, 0.3) is 21.3 Å². The van der Waals surface area contributed by atoms with E-state index in [2.05, 4.69) is 15.0 Å². The number of carboxylic acids is 1. The van der Waals surface area contributed by atoms with Gasteiger partial charge in [-0.15, -0.1) is 0 Å². The summed E-state index contributed by atoms with van der Waals surface area (Å²) in [7, 11) is 0. The highest BCUT2D eigenvalue weighted by molar-refractivity contribution is 5.84. The molecule has 3 rings (SSSR count). The van der Waals surface area contributed by atoms with Crippen LogP contribution in [0, 0.1) is 0 Å². The zero-order valence-corrected chi connectivity index (χ0v) is 13.6. The summed E-state index contributed by atoms with van der Waals surface area (Å²) in [6.07, 6.45) is 8.13. The minimum Gasteiger partial charge on any atom is -0.481 e. The van der Waals surface area contributed by atoms with Crippen LogP contribution in [-0.2, 0) is 4.79 Å². The largest absolute Gasteiger partial charge is 0.481 e. The molecule has 24 heavy (non-hydrogen) atoms. The smallest absolute Gasteiger partial charge is 0.304 e. The predicted molar refractivity (Wildman–Crippen MR) is 93.5 cm³/mol. The zero-order valence-electron chi connectivity index (χ0n) is 13.6. The molecule has 1 heterocycles. The van der Waals surface area contributed by atoms with Crippen molar-refractivity contribution in [3.8, 4) is 0 Å². The Morgan fingerprint density at radius 3 is 2.67 bits per heavy atom. The summed E-state index contributed by atoms with van der Waals surface area (Å²) in [6, 6.07) is 7.33. The van der Waals surface area contributed by atoms with Crippen LogP contribution in [0.2, 0.25) is 0 Å². The molecule has 1 aromatic carbocycles. The molecule has 0 amide bonds. The van der Waals surface area contributed by atoms with Gasteiger partial charge in [-0.1, -0.05) is 42.6 Å². The summed E-state index contributed by atoms with van der Waals surface area (Å²) in [5.41, 5.74) is 15.7. The van der Waals surface area contributed by atoms with E-state index in [-0.39, 0.29) is 6.42 Å². The molecule has 1 aliphatic carbocycles. The summed E-state index contributed by atoms with van der Waals surface area (Å²) >= 11 is 0. The van der Waals surface area contributed by atoms with Gasteiger partial charge >= 0.3 is 5.97 Å². The fourth-order valence-corrected chi connectivity index (χ4v) is 2.94. The quantitative estimate of drug-likeness (QED) is 0.440. The van der Waals surface area contributed by atoms with Crippen molar-refractivity contribution in [2.75, 3.05) is 0 Å². The lowest BCUT2D eigenvalue weighted by Gasteiger charge is -2.15. The van der Waals surface area contributed by atoms with Crippen molar-refractivity contribution >= 4 is 16.9 Å². The minimum atomic E-state index is -0.993. The number of aliphatic carboxylic acids is 1. The number of para-hydroxylation sites is 1. The van der Waals surface area contributed by atoms with Crippen molar-refractivity contribution in [1.29, 1.82) is 0 Å². The monoisotopic (exact) mass is 329 g/mol. The lowest BCUT2D eigenvalue weighted by Crippen LogP contribution is -2.22. The number of aromatic nitrogens is 1. The number of carboxylic acid groups (broad SMARTS) is 1. The zero-order chi connectivity index (χ0) is 17.4. The van der Waals surface area contributed by atoms with Crippen LogP contribution in [0.5, 0.6) is 0 Å². The van der Waals surface area contributed by atoms with E-state index in [0.717, 1.165) is 10.9 Å². The summed E-state index contributed by atoms with van der Waals surface area (Å²) in [5, 5.41) is 13.2. The number of H-pyrrole nitrogens is 1. The summed E-state index contributed by atoms with van der Waals surface area (Å²) in [4.78, 5) is 16.4. The van der Waals surface area contributed by atoms with Gasteiger partial charge in [0.2, 0.25) is 0 Å². The number of fused-ring (bicyclic) bond motifs is 1. The van der Waals surface area contributed by atoms with Gasteiger partial charge in [-0.25, -0.2) is 0 Å². The summed E-state index contributed by atoms with van der Waals surface area (Å²) in [5.74, 6) is -0.993. The first-order valence-electron chi connectivity index (χ1n) is 8.19. The topological polar surface area (TPSA) is 128 Å². The second-order valence-electron chi connectivity index (χ2n) is 6.01. The van der Waals surface area contributed by atoms with E-state index in [1.165, 1.54) is 32.1 Å². The molecule has 1 aliphatic rings. The average Bonchev–Trinajstić information content (AvgIpc) is 2.99. The van der Waals surface area contributed by atoms with Crippen LogP contribution in [0.3, 0.4) is 0 Å². The first-order valence-corrected chi connectivity index (χ1v) is 8.19. The van der Waals surface area contributed by atoms with Gasteiger partial charge in [-0.05, 0) is 30.0 Å². The molecule has 0 aliphatic heterocycles. The number of rotatable bonds is 4. The highest BCUT2D eigenvalue weighted by Gasteiger charge is 2.17. The third-order valence-electron chi connectivity index (χ3n) is 4.19. The molecule has 7 nitrogen and oxygen atoms in total. The normalized spacial score (nSPS) is 15.9. The van der Waals surface area contributed by atoms with Crippen LogP contribution in [-0.4, -0.2) is 22.1 Å². The predicted octanol–water partition coefficient (Wildman–Crippen LogP) is 4.27. The number of nitrogens with one attached hydrogen (secondary N) is 1. The highest BCUT2D eigenvalue weighted by atomic mass is 16.4. The molecule has 1 fully saturated rings. The van der Waals surface area contributed by atoms with Gasteiger partial charge in [0.15, 0.2) is 0 Å². The van der Waals surface area contributed by atoms with E-state index in [1.807, 2.05) is 24.3 Å². The molecule has 0 bridgehead atoms. The van der Waals surface area contributed by atoms with E-state index in [0.29, 0.717) is 11.6 Å². The van der Waals surface area contributed by atoms with Crippen molar-refractivity contribution in [3.05, 3.63) is 46.5 Å². The number of hydrogen-bond donors (Lipinski definition) is 3. The summed E-state index contributed by atoms with van der Waals surface area (Å²) in [6.45, 7) is 0. The Labute approximate surface area is 140 Å². The lowest BCUT2D eigenvalue weighted by molar-refractivity contribution is -0.137. The number of carbonyl (C=O) groups is 1. The van der Waals surface area contributed by atoms with Gasteiger partial charge < -0.3 is 15.8 Å². The van der Waals surface area contributed by atoms with Gasteiger partial charge in [-0.2, -0.15) is 0 Å². The highest BCUT2D eigenvalue weighted by Crippen LogP contribution is 2.29. The maximum absolute atomic E-state index is 10.7. The molecule has 2 aromatic rings. The van der Waals surface area contributed by atoms with Gasteiger partial charge in [0.05, 0.1) is 12.5 Å². The lowest BCUT2D eigenvalue weighted by atomic mass is 9.97. The first kappa shape index (κ1) is 17.8. The second-order valence-corrected chi connectivity index (χ2v) is 6.01. The Hall–Kier alpha value is -2.50. The maximum atomic E-state index is 10.7. The molecule has 1 unspecified atom stereocenters. The Morgan fingerprint density at radius 2 is 2.08 bits per heavy atom. The van der Waals surface area contributed by atoms with E-state index < -0.39 is 12.0 Å². The van der Waals surface area contributed by atoms with Gasteiger partial charge in [-0.3, -0.25) is 4.79 Å². The van der Waals surface area contributed by atoms with Crippen LogP contribution >= 0.6 is 0 Å². The van der Waals surface area contributed by atoms with E-state index in [4.69, 9.17) is 16.4 Å².